The molecule has 0 aliphatic carbocycles. The van der Waals surface area contributed by atoms with Gasteiger partial charge in [-0.15, -0.1) is 22.7 Å². The van der Waals surface area contributed by atoms with Crippen LogP contribution < -0.4 is 0 Å². The van der Waals surface area contributed by atoms with Gasteiger partial charge in [0.2, 0.25) is 0 Å². The lowest BCUT2D eigenvalue weighted by Crippen LogP contribution is -1.98. The first-order chi connectivity index (χ1) is 6.70. The molecule has 1 unspecified atom stereocenters. The Labute approximate surface area is 95.6 Å². The van der Waals surface area contributed by atoms with Gasteiger partial charge in [-0.25, -0.2) is 0 Å². The third-order valence-electron chi connectivity index (χ3n) is 2.13. The van der Waals surface area contributed by atoms with E-state index in [1.165, 1.54) is 11.3 Å². The van der Waals surface area contributed by atoms with E-state index < -0.39 is 6.10 Å². The standard InChI is InChI=1S/C10H9ClOS2/c1-6-7(2-4-13-6)9(12)8-3-5-14-10(8)11/h2-5,9,12H,1H3. The molecule has 0 amide bonds. The van der Waals surface area contributed by atoms with Crippen LogP contribution in [0.1, 0.15) is 22.1 Å². The van der Waals surface area contributed by atoms with E-state index >= 15 is 0 Å². The Morgan fingerprint density at radius 3 is 2.36 bits per heavy atom. The largest absolute Gasteiger partial charge is 0.384 e. The maximum absolute atomic E-state index is 10.1. The fourth-order valence-corrected chi connectivity index (χ4v) is 3.05. The number of aliphatic hydroxyl groups excluding tert-OH is 1. The van der Waals surface area contributed by atoms with Crippen molar-refractivity contribution in [3.63, 3.8) is 0 Å². The summed E-state index contributed by atoms with van der Waals surface area (Å²) in [6.45, 7) is 2.00. The van der Waals surface area contributed by atoms with Gasteiger partial charge in [0.25, 0.3) is 0 Å². The molecular weight excluding hydrogens is 236 g/mol. The molecule has 1 N–H and O–H groups in total. The molecule has 0 saturated heterocycles. The molecule has 0 aromatic carbocycles. The lowest BCUT2D eigenvalue weighted by Gasteiger charge is -2.08. The van der Waals surface area contributed by atoms with Gasteiger partial charge in [0.15, 0.2) is 0 Å². The van der Waals surface area contributed by atoms with E-state index in [-0.39, 0.29) is 0 Å². The first-order valence-electron chi connectivity index (χ1n) is 4.15. The number of hydrogen-bond acceptors (Lipinski definition) is 3. The summed E-state index contributed by atoms with van der Waals surface area (Å²) < 4.78 is 0.670. The van der Waals surface area contributed by atoms with Gasteiger partial charge in [0.05, 0.1) is 4.34 Å². The summed E-state index contributed by atoms with van der Waals surface area (Å²) in [7, 11) is 0. The highest BCUT2D eigenvalue weighted by molar-refractivity contribution is 7.14. The molecule has 0 aliphatic heterocycles. The predicted molar refractivity (Wildman–Crippen MR) is 62.4 cm³/mol. The van der Waals surface area contributed by atoms with Crippen molar-refractivity contribution in [2.75, 3.05) is 0 Å². The molecule has 4 heteroatoms. The van der Waals surface area contributed by atoms with Gasteiger partial charge >= 0.3 is 0 Å². The highest BCUT2D eigenvalue weighted by Crippen LogP contribution is 2.34. The maximum Gasteiger partial charge on any atom is 0.107 e. The summed E-state index contributed by atoms with van der Waals surface area (Å²) in [5, 5.41) is 13.9. The minimum atomic E-state index is -0.583. The van der Waals surface area contributed by atoms with Crippen LogP contribution in [0, 0.1) is 6.92 Å². The Balaban J connectivity index is 2.38. The van der Waals surface area contributed by atoms with Gasteiger partial charge in [0.1, 0.15) is 6.10 Å². The average molecular weight is 245 g/mol. The molecule has 0 radical (unpaired) electrons. The summed E-state index contributed by atoms with van der Waals surface area (Å²) >= 11 is 9.05. The molecule has 0 aliphatic rings. The molecule has 2 heterocycles. The van der Waals surface area contributed by atoms with Crippen LogP contribution in [0.4, 0.5) is 0 Å². The summed E-state index contributed by atoms with van der Waals surface area (Å²) in [5.74, 6) is 0. The third-order valence-corrected chi connectivity index (χ3v) is 4.20. The molecule has 0 bridgehead atoms. The zero-order chi connectivity index (χ0) is 10.1. The smallest absolute Gasteiger partial charge is 0.107 e. The van der Waals surface area contributed by atoms with Crippen LogP contribution in [-0.4, -0.2) is 5.11 Å². The molecular formula is C10H9ClOS2. The molecule has 0 fully saturated rings. The average Bonchev–Trinajstić information content (AvgIpc) is 2.73. The summed E-state index contributed by atoms with van der Waals surface area (Å²) in [5.41, 5.74) is 1.76. The van der Waals surface area contributed by atoms with Crippen LogP contribution in [0.25, 0.3) is 0 Å². The number of thiophene rings is 2. The van der Waals surface area contributed by atoms with Crippen molar-refractivity contribution in [2.24, 2.45) is 0 Å². The maximum atomic E-state index is 10.1. The molecule has 2 aromatic rings. The molecule has 2 rings (SSSR count). The molecule has 74 valence electrons. The highest BCUT2D eigenvalue weighted by Gasteiger charge is 2.17. The van der Waals surface area contributed by atoms with Crippen LogP contribution in [-0.2, 0) is 0 Å². The summed E-state index contributed by atoms with van der Waals surface area (Å²) in [4.78, 5) is 1.14. The molecule has 0 spiro atoms. The number of hydrogen-bond donors (Lipinski definition) is 1. The molecule has 1 nitrogen and oxygen atoms in total. The van der Waals surface area contributed by atoms with Gasteiger partial charge in [-0.2, -0.15) is 0 Å². The second-order valence-electron chi connectivity index (χ2n) is 2.98. The zero-order valence-electron chi connectivity index (χ0n) is 7.53. The fourth-order valence-electron chi connectivity index (χ4n) is 1.35. The van der Waals surface area contributed by atoms with Crippen molar-refractivity contribution < 1.29 is 5.11 Å². The molecule has 2 aromatic heterocycles. The summed E-state index contributed by atoms with van der Waals surface area (Å²) in [6, 6.07) is 3.81. The van der Waals surface area contributed by atoms with E-state index in [9.17, 15) is 5.11 Å². The van der Waals surface area contributed by atoms with Gasteiger partial charge < -0.3 is 5.11 Å². The van der Waals surface area contributed by atoms with Crippen molar-refractivity contribution in [2.45, 2.75) is 13.0 Å². The van der Waals surface area contributed by atoms with Crippen molar-refractivity contribution in [1.82, 2.24) is 0 Å². The molecule has 14 heavy (non-hydrogen) atoms. The first-order valence-corrected chi connectivity index (χ1v) is 6.29. The summed E-state index contributed by atoms with van der Waals surface area (Å²) in [6.07, 6.45) is -0.583. The molecule has 1 atom stereocenters. The van der Waals surface area contributed by atoms with E-state index in [1.807, 2.05) is 29.8 Å². The number of rotatable bonds is 2. The Hall–Kier alpha value is -0.350. The lowest BCUT2D eigenvalue weighted by atomic mass is 10.1. The minimum absolute atomic E-state index is 0.583. The monoisotopic (exact) mass is 244 g/mol. The molecule has 0 saturated carbocycles. The Morgan fingerprint density at radius 2 is 1.86 bits per heavy atom. The topological polar surface area (TPSA) is 20.2 Å². The van der Waals surface area contributed by atoms with Crippen molar-refractivity contribution >= 4 is 34.3 Å². The Morgan fingerprint density at radius 1 is 1.21 bits per heavy atom. The third kappa shape index (κ3) is 1.73. The normalized spacial score (nSPS) is 13.1. The number of halogens is 1. The van der Waals surface area contributed by atoms with Crippen LogP contribution in [0.15, 0.2) is 22.9 Å². The quantitative estimate of drug-likeness (QED) is 0.851. The lowest BCUT2D eigenvalue weighted by molar-refractivity contribution is 0.221. The van der Waals surface area contributed by atoms with Gasteiger partial charge in [0, 0.05) is 10.4 Å². The second kappa shape index (κ2) is 4.03. The SMILES string of the molecule is Cc1sccc1C(O)c1ccsc1Cl. The van der Waals surface area contributed by atoms with Gasteiger partial charge in [-0.3, -0.25) is 0 Å². The zero-order valence-corrected chi connectivity index (χ0v) is 9.92. The fraction of sp³-hybridized carbons (Fsp3) is 0.200. The van der Waals surface area contributed by atoms with Crippen LogP contribution in [0.3, 0.4) is 0 Å². The van der Waals surface area contributed by atoms with E-state index in [0.29, 0.717) is 4.34 Å². The minimum Gasteiger partial charge on any atom is -0.384 e. The van der Waals surface area contributed by atoms with Crippen molar-refractivity contribution in [3.05, 3.63) is 43.2 Å². The van der Waals surface area contributed by atoms with Crippen molar-refractivity contribution in [1.29, 1.82) is 0 Å². The van der Waals surface area contributed by atoms with Crippen molar-refractivity contribution in [3.8, 4) is 0 Å². The highest BCUT2D eigenvalue weighted by atomic mass is 35.5. The second-order valence-corrected chi connectivity index (χ2v) is 5.62. The van der Waals surface area contributed by atoms with E-state index in [4.69, 9.17) is 11.6 Å². The predicted octanol–water partition coefficient (Wildman–Crippen LogP) is 3.85. The van der Waals surface area contributed by atoms with E-state index in [2.05, 4.69) is 0 Å². The number of aliphatic hydroxyl groups is 1. The van der Waals surface area contributed by atoms with Crippen LogP contribution >= 0.6 is 34.3 Å². The van der Waals surface area contributed by atoms with Gasteiger partial charge in [-0.05, 0) is 35.4 Å². The van der Waals surface area contributed by atoms with Crippen LogP contribution in [0.5, 0.6) is 0 Å². The van der Waals surface area contributed by atoms with E-state index in [0.717, 1.165) is 16.0 Å². The Bertz CT molecular complexity index is 393. The van der Waals surface area contributed by atoms with Gasteiger partial charge in [-0.1, -0.05) is 11.6 Å². The van der Waals surface area contributed by atoms with Crippen LogP contribution in [0.2, 0.25) is 4.34 Å². The first kappa shape index (κ1) is 10.2. The van der Waals surface area contributed by atoms with E-state index in [1.54, 1.807) is 11.3 Å². The Kier molecular flexibility index (Phi) is 2.93. The number of aryl methyl sites for hydroxylation is 1.